The number of likely N-dealkylation sites (tertiary alicyclic amines) is 1. The van der Waals surface area contributed by atoms with Gasteiger partial charge in [0, 0.05) is 6.54 Å². The summed E-state index contributed by atoms with van der Waals surface area (Å²) in [4.78, 5) is 25.7. The number of carbonyl (C=O) groups excluding carboxylic acids is 1. The highest BCUT2D eigenvalue weighted by Crippen LogP contribution is 2.36. The van der Waals surface area contributed by atoms with E-state index >= 15 is 0 Å². The fourth-order valence-corrected chi connectivity index (χ4v) is 3.51. The summed E-state index contributed by atoms with van der Waals surface area (Å²) >= 11 is 0. The summed E-state index contributed by atoms with van der Waals surface area (Å²) in [7, 11) is 0. The molecule has 1 aliphatic heterocycles. The first kappa shape index (κ1) is 15.3. The number of aliphatic carboxylic acids is 1. The zero-order chi connectivity index (χ0) is 14.5. The Morgan fingerprint density at radius 3 is 2.50 bits per heavy atom. The molecule has 1 amide bonds. The number of rotatable bonds is 6. The second-order valence-corrected chi connectivity index (χ2v) is 6.32. The highest BCUT2D eigenvalue weighted by molar-refractivity contribution is 5.85. The second kappa shape index (κ2) is 7.07. The molecule has 0 radical (unpaired) electrons. The van der Waals surface area contributed by atoms with Crippen molar-refractivity contribution in [1.82, 2.24) is 10.2 Å². The van der Waals surface area contributed by atoms with Gasteiger partial charge in [0.25, 0.3) is 0 Å². The number of nitrogens with one attached hydrogen (secondary N) is 1. The summed E-state index contributed by atoms with van der Waals surface area (Å²) in [5, 5.41) is 12.1. The fraction of sp³-hybridized carbons (Fsp3) is 0.867. The summed E-state index contributed by atoms with van der Waals surface area (Å²) < 4.78 is 0. The van der Waals surface area contributed by atoms with Crippen LogP contribution in [0, 0.1) is 17.8 Å². The van der Waals surface area contributed by atoms with E-state index in [4.69, 9.17) is 0 Å². The minimum Gasteiger partial charge on any atom is -0.481 e. The highest BCUT2D eigenvalue weighted by atomic mass is 16.4. The normalized spacial score (nSPS) is 30.6. The zero-order valence-electron chi connectivity index (χ0n) is 12.3. The molecule has 1 aliphatic carbocycles. The third-order valence-electron chi connectivity index (χ3n) is 4.60. The molecule has 0 bridgehead atoms. The van der Waals surface area contributed by atoms with E-state index < -0.39 is 11.9 Å². The number of hydrogen-bond donors (Lipinski definition) is 2. The van der Waals surface area contributed by atoms with Gasteiger partial charge in [-0.15, -0.1) is 0 Å². The van der Waals surface area contributed by atoms with E-state index in [1.165, 1.54) is 25.9 Å². The zero-order valence-corrected chi connectivity index (χ0v) is 12.3. The predicted molar refractivity (Wildman–Crippen MR) is 76.3 cm³/mol. The molecule has 3 atom stereocenters. The van der Waals surface area contributed by atoms with E-state index in [1.807, 2.05) is 6.92 Å². The van der Waals surface area contributed by atoms with Gasteiger partial charge in [-0.25, -0.2) is 0 Å². The van der Waals surface area contributed by atoms with Gasteiger partial charge in [-0.05, 0) is 57.7 Å². The third-order valence-corrected chi connectivity index (χ3v) is 4.60. The standard InChI is InChI=1S/C15H26N2O3/c1-11-9-12(13(10-11)15(19)20)14(18)16-5-4-8-17-6-2-3-7-17/h11-13H,2-10H2,1H3,(H,16,18)(H,19,20)/t11?,12-,13+/m0/s1. The van der Waals surface area contributed by atoms with Crippen LogP contribution in [0.4, 0.5) is 0 Å². The molecule has 0 aromatic carbocycles. The van der Waals surface area contributed by atoms with E-state index in [2.05, 4.69) is 10.2 Å². The molecule has 0 aromatic rings. The molecule has 20 heavy (non-hydrogen) atoms. The fourth-order valence-electron chi connectivity index (χ4n) is 3.51. The van der Waals surface area contributed by atoms with Crippen molar-refractivity contribution >= 4 is 11.9 Å². The molecule has 0 aromatic heterocycles. The number of nitrogens with zero attached hydrogens (tertiary/aromatic N) is 1. The summed E-state index contributed by atoms with van der Waals surface area (Å²) in [6, 6.07) is 0. The predicted octanol–water partition coefficient (Wildman–Crippen LogP) is 1.34. The van der Waals surface area contributed by atoms with E-state index in [9.17, 15) is 14.7 Å². The van der Waals surface area contributed by atoms with Gasteiger partial charge in [0.15, 0.2) is 0 Å². The number of carboxylic acid groups (broad SMARTS) is 1. The SMILES string of the molecule is CC1C[C@H](C(=O)NCCCN2CCCC2)[C@H](C(=O)O)C1. The average Bonchev–Trinajstić information content (AvgIpc) is 3.03. The molecule has 1 unspecified atom stereocenters. The van der Waals surface area contributed by atoms with Crippen LogP contribution >= 0.6 is 0 Å². The van der Waals surface area contributed by atoms with Crippen LogP contribution in [0.3, 0.4) is 0 Å². The lowest BCUT2D eigenvalue weighted by molar-refractivity contribution is -0.146. The Labute approximate surface area is 120 Å². The van der Waals surface area contributed by atoms with Crippen molar-refractivity contribution in [3.8, 4) is 0 Å². The largest absolute Gasteiger partial charge is 0.481 e. The lowest BCUT2D eigenvalue weighted by Gasteiger charge is -2.17. The first-order chi connectivity index (χ1) is 9.58. The molecule has 5 heteroatoms. The van der Waals surface area contributed by atoms with Crippen LogP contribution in [0.1, 0.15) is 39.0 Å². The quantitative estimate of drug-likeness (QED) is 0.721. The van der Waals surface area contributed by atoms with Gasteiger partial charge in [-0.1, -0.05) is 6.92 Å². The van der Waals surface area contributed by atoms with Crippen molar-refractivity contribution in [2.45, 2.75) is 39.0 Å². The van der Waals surface area contributed by atoms with Crippen LogP contribution in [0.15, 0.2) is 0 Å². The molecule has 2 rings (SSSR count). The lowest BCUT2D eigenvalue weighted by Crippen LogP contribution is -2.36. The van der Waals surface area contributed by atoms with Gasteiger partial charge in [0.05, 0.1) is 11.8 Å². The number of carbonyl (C=O) groups is 2. The summed E-state index contributed by atoms with van der Waals surface area (Å²) in [5.74, 6) is -1.40. The minimum absolute atomic E-state index is 0.0665. The van der Waals surface area contributed by atoms with Gasteiger partial charge >= 0.3 is 5.97 Å². The van der Waals surface area contributed by atoms with Gasteiger partial charge in [0.2, 0.25) is 5.91 Å². The first-order valence-corrected chi connectivity index (χ1v) is 7.81. The van der Waals surface area contributed by atoms with Crippen LogP contribution in [0.5, 0.6) is 0 Å². The number of carboxylic acids is 1. The molecule has 5 nitrogen and oxygen atoms in total. The Bertz CT molecular complexity index is 353. The number of hydrogen-bond acceptors (Lipinski definition) is 3. The molecule has 2 N–H and O–H groups in total. The monoisotopic (exact) mass is 282 g/mol. The molecule has 114 valence electrons. The minimum atomic E-state index is -0.827. The highest BCUT2D eigenvalue weighted by Gasteiger charge is 2.40. The van der Waals surface area contributed by atoms with Crippen LogP contribution in [-0.2, 0) is 9.59 Å². The maximum Gasteiger partial charge on any atom is 0.307 e. The molecule has 2 fully saturated rings. The van der Waals surface area contributed by atoms with E-state index in [-0.39, 0.29) is 11.8 Å². The van der Waals surface area contributed by atoms with Gasteiger partial charge in [0.1, 0.15) is 0 Å². The van der Waals surface area contributed by atoms with Gasteiger partial charge in [-0.3, -0.25) is 9.59 Å². The average molecular weight is 282 g/mol. The van der Waals surface area contributed by atoms with Crippen molar-refractivity contribution in [1.29, 1.82) is 0 Å². The Kier molecular flexibility index (Phi) is 5.40. The Hall–Kier alpha value is -1.10. The Morgan fingerprint density at radius 2 is 1.85 bits per heavy atom. The van der Waals surface area contributed by atoms with Crippen molar-refractivity contribution in [2.24, 2.45) is 17.8 Å². The summed E-state index contributed by atoms with van der Waals surface area (Å²) in [6.07, 6.45) is 4.85. The molecular weight excluding hydrogens is 256 g/mol. The van der Waals surface area contributed by atoms with Crippen LogP contribution in [0.25, 0.3) is 0 Å². The number of amides is 1. The van der Waals surface area contributed by atoms with E-state index in [0.717, 1.165) is 13.0 Å². The van der Waals surface area contributed by atoms with Crippen LogP contribution < -0.4 is 5.32 Å². The maximum absolute atomic E-state index is 12.1. The first-order valence-electron chi connectivity index (χ1n) is 7.81. The van der Waals surface area contributed by atoms with Gasteiger partial charge in [-0.2, -0.15) is 0 Å². The van der Waals surface area contributed by atoms with Crippen molar-refractivity contribution in [3.63, 3.8) is 0 Å². The summed E-state index contributed by atoms with van der Waals surface area (Å²) in [5.41, 5.74) is 0. The van der Waals surface area contributed by atoms with Crippen molar-refractivity contribution in [3.05, 3.63) is 0 Å². The summed E-state index contributed by atoms with van der Waals surface area (Å²) in [6.45, 7) is 6.07. The van der Waals surface area contributed by atoms with Crippen molar-refractivity contribution < 1.29 is 14.7 Å². The topological polar surface area (TPSA) is 69.6 Å². The molecular formula is C15H26N2O3. The smallest absolute Gasteiger partial charge is 0.307 e. The molecule has 2 aliphatic rings. The molecule has 0 spiro atoms. The second-order valence-electron chi connectivity index (χ2n) is 6.32. The third kappa shape index (κ3) is 3.95. The molecule has 1 saturated carbocycles. The van der Waals surface area contributed by atoms with Crippen LogP contribution in [0.2, 0.25) is 0 Å². The Morgan fingerprint density at radius 1 is 1.20 bits per heavy atom. The van der Waals surface area contributed by atoms with Gasteiger partial charge < -0.3 is 15.3 Å². The lowest BCUT2D eigenvalue weighted by atomic mass is 9.95. The maximum atomic E-state index is 12.1. The van der Waals surface area contributed by atoms with E-state index in [1.54, 1.807) is 0 Å². The van der Waals surface area contributed by atoms with E-state index in [0.29, 0.717) is 25.3 Å². The molecule has 1 heterocycles. The van der Waals surface area contributed by atoms with Crippen LogP contribution in [-0.4, -0.2) is 48.1 Å². The molecule has 1 saturated heterocycles. The van der Waals surface area contributed by atoms with Crippen molar-refractivity contribution in [2.75, 3.05) is 26.2 Å². The Balaban J connectivity index is 1.69.